The minimum absolute atomic E-state index is 0.00412. The van der Waals surface area contributed by atoms with Gasteiger partial charge < -0.3 is 28.0 Å². The number of ether oxygens (including phenoxy) is 4. The molecule has 4 aromatic rings. The van der Waals surface area contributed by atoms with Gasteiger partial charge in [0.05, 0.1) is 46.0 Å². The second kappa shape index (κ2) is 18.1. The molecule has 0 bridgehead atoms. The zero-order chi connectivity index (χ0) is 40.6. The van der Waals surface area contributed by atoms with Crippen molar-refractivity contribution in [2.45, 2.75) is 83.5 Å². The minimum atomic E-state index is -2.79. The highest BCUT2D eigenvalue weighted by Crippen LogP contribution is 2.50. The summed E-state index contributed by atoms with van der Waals surface area (Å²) in [5, 5.41) is 9.31. The van der Waals surface area contributed by atoms with E-state index >= 15 is 0 Å². The first-order valence-electron chi connectivity index (χ1n) is 19.0. The molecule has 53 heavy (non-hydrogen) atoms. The van der Waals surface area contributed by atoms with Crippen molar-refractivity contribution >= 4 is 8.53 Å². The maximum Gasteiger partial charge on any atom is 0.330 e. The minimum Gasteiger partial charge on any atom is -0.497 e. The molecule has 3 aromatic carbocycles. The fourth-order valence-corrected chi connectivity index (χ4v) is 8.28. The van der Waals surface area contributed by atoms with Crippen molar-refractivity contribution in [3.05, 3.63) is 128 Å². The largest absolute Gasteiger partial charge is 0.497 e. The zero-order valence-corrected chi connectivity index (χ0v) is 31.7. The van der Waals surface area contributed by atoms with Crippen LogP contribution in [0.25, 0.3) is 0 Å². The number of nitrogens with zero attached hydrogens (tertiary/aromatic N) is 3. The van der Waals surface area contributed by atoms with E-state index in [0.717, 1.165) is 27.5 Å². The van der Waals surface area contributed by atoms with Crippen molar-refractivity contribution in [3.8, 4) is 17.6 Å². The van der Waals surface area contributed by atoms with Gasteiger partial charge in [0, 0.05) is 34.4 Å². The van der Waals surface area contributed by atoms with Crippen LogP contribution in [0, 0.1) is 18.2 Å². The molecule has 13 heteroatoms. The zero-order valence-electron chi connectivity index (χ0n) is 33.9. The molecule has 12 nitrogen and oxygen atoms in total. The molecule has 1 unspecified atom stereocenters. The van der Waals surface area contributed by atoms with Gasteiger partial charge in [-0.05, 0) is 75.5 Å². The summed E-state index contributed by atoms with van der Waals surface area (Å²) in [4.78, 5) is 28.0. The van der Waals surface area contributed by atoms with Crippen molar-refractivity contribution in [1.82, 2.24) is 14.2 Å². The Labute approximate surface area is 316 Å². The average molecular weight is 748 g/mol. The van der Waals surface area contributed by atoms with Crippen LogP contribution in [0.3, 0.4) is 0 Å². The predicted octanol–water partition coefficient (Wildman–Crippen LogP) is 6.82. The molecule has 0 amide bonds. The number of aromatic amines is 1. The molecule has 4 atom stereocenters. The molecular formula is C40H49N4O8P. The Balaban J connectivity index is 1.63. The maximum absolute atomic E-state index is 13.3. The summed E-state index contributed by atoms with van der Waals surface area (Å²) >= 11 is 0. The molecule has 0 radical (unpaired) electrons. The van der Waals surface area contributed by atoms with Crippen LogP contribution in [-0.2, 0) is 24.1 Å². The van der Waals surface area contributed by atoms with Crippen LogP contribution in [0.2, 0.25) is 0 Å². The lowest BCUT2D eigenvalue weighted by Gasteiger charge is -2.39. The molecule has 1 fully saturated rings. The van der Waals surface area contributed by atoms with Crippen molar-refractivity contribution in [2.75, 3.05) is 27.4 Å². The Morgan fingerprint density at radius 1 is 0.962 bits per heavy atom. The molecular weight excluding hydrogens is 695 g/mol. The van der Waals surface area contributed by atoms with E-state index < -0.39 is 56.2 Å². The third-order valence-electron chi connectivity index (χ3n) is 8.98. The Morgan fingerprint density at radius 3 is 2.08 bits per heavy atom. The Morgan fingerprint density at radius 2 is 1.55 bits per heavy atom. The van der Waals surface area contributed by atoms with Crippen LogP contribution >= 0.6 is 8.53 Å². The second-order valence-electron chi connectivity index (χ2n) is 13.1. The monoisotopic (exact) mass is 747 g/mol. The van der Waals surface area contributed by atoms with Gasteiger partial charge in [0.15, 0.2) is 0 Å². The molecule has 5 rings (SSSR count). The highest BCUT2D eigenvalue weighted by molar-refractivity contribution is 7.44. The van der Waals surface area contributed by atoms with Crippen LogP contribution in [0.15, 0.2) is 94.6 Å². The number of H-pyrrole nitrogens is 1. The summed E-state index contributed by atoms with van der Waals surface area (Å²) in [6, 6.07) is 27.0. The average Bonchev–Trinajstić information content (AvgIpc) is 3.57. The number of benzene rings is 3. The van der Waals surface area contributed by atoms with Crippen LogP contribution in [0.1, 0.15) is 73.1 Å². The lowest BCUT2D eigenvalue weighted by Crippen LogP contribution is -2.39. The summed E-state index contributed by atoms with van der Waals surface area (Å²) < 4.78 is 64.8. The van der Waals surface area contributed by atoms with Gasteiger partial charge >= 0.3 is 5.69 Å². The highest BCUT2D eigenvalue weighted by Gasteiger charge is 2.45. The first-order chi connectivity index (χ1) is 26.7. The van der Waals surface area contributed by atoms with Crippen LogP contribution < -0.4 is 20.7 Å². The fraction of sp³-hybridized carbons (Fsp3) is 0.425. The van der Waals surface area contributed by atoms with Crippen molar-refractivity contribution in [1.29, 1.82) is 5.26 Å². The van der Waals surface area contributed by atoms with E-state index in [9.17, 15) is 14.9 Å². The third kappa shape index (κ3) is 9.07. The number of nitriles is 1. The Hall–Kier alpha value is -4.34. The molecule has 1 aliphatic heterocycles. The first kappa shape index (κ1) is 35.7. The molecule has 1 aliphatic rings. The number of methoxy groups -OCH3 is 2. The van der Waals surface area contributed by atoms with E-state index in [1.54, 1.807) is 14.2 Å². The molecule has 1 aromatic heterocycles. The van der Waals surface area contributed by atoms with E-state index in [2.05, 4.69) is 15.7 Å². The van der Waals surface area contributed by atoms with Gasteiger partial charge in [-0.1, -0.05) is 54.6 Å². The summed E-state index contributed by atoms with van der Waals surface area (Å²) in [7, 11) is 1.42. The smallest absolute Gasteiger partial charge is 0.330 e. The number of hydrogen-bond acceptors (Lipinski definition) is 10. The highest BCUT2D eigenvalue weighted by atomic mass is 31.2. The van der Waals surface area contributed by atoms with Gasteiger partial charge in [-0.25, -0.2) is 9.46 Å². The number of hydrogen-bond donors (Lipinski definition) is 1. The molecule has 0 saturated carbocycles. The SMILES string of the molecule is [2H]C([2H])([2H])c1cn([C@H]2C[C@@H](OP(OCCC#N)N(C(C)C)C(C)C)[C@@H](COC(c3ccccc3)(c3ccc(OC)cc3)c3ccc(OC)cc3)O2)c(=O)[nH]c1=O. The molecule has 0 aliphatic carbocycles. The summed E-state index contributed by atoms with van der Waals surface area (Å²) in [6.07, 6.45) is -1.40. The van der Waals surface area contributed by atoms with E-state index in [1.807, 2.05) is 107 Å². The number of nitrogens with one attached hydrogen (secondary N) is 1. The molecule has 2 heterocycles. The van der Waals surface area contributed by atoms with Gasteiger partial charge in [0.25, 0.3) is 14.1 Å². The van der Waals surface area contributed by atoms with E-state index in [1.165, 1.54) is 0 Å². The molecule has 0 spiro atoms. The van der Waals surface area contributed by atoms with Gasteiger partial charge in [-0.2, -0.15) is 5.26 Å². The number of aryl methyl sites for hydroxylation is 1. The Bertz CT molecular complexity index is 1980. The number of rotatable bonds is 17. The Kier molecular flexibility index (Phi) is 12.2. The summed E-state index contributed by atoms with van der Waals surface area (Å²) in [5.74, 6) is 1.32. The van der Waals surface area contributed by atoms with Crippen molar-refractivity contribution in [2.24, 2.45) is 0 Å². The third-order valence-corrected chi connectivity index (χ3v) is 11.1. The van der Waals surface area contributed by atoms with Gasteiger partial charge in [0.2, 0.25) is 0 Å². The lowest BCUT2D eigenvalue weighted by molar-refractivity contribution is -0.0926. The fourth-order valence-electron chi connectivity index (χ4n) is 6.52. The second-order valence-corrected chi connectivity index (χ2v) is 14.5. The normalized spacial score (nSPS) is 19.1. The quantitative estimate of drug-likeness (QED) is 0.0696. The lowest BCUT2D eigenvalue weighted by atomic mass is 9.80. The van der Waals surface area contributed by atoms with Crippen LogP contribution in [0.5, 0.6) is 11.5 Å². The van der Waals surface area contributed by atoms with E-state index in [4.69, 9.17) is 32.1 Å². The summed E-state index contributed by atoms with van der Waals surface area (Å²) in [5.41, 5.74) is -1.21. The maximum atomic E-state index is 13.3. The van der Waals surface area contributed by atoms with Gasteiger partial charge in [-0.15, -0.1) is 0 Å². The van der Waals surface area contributed by atoms with Crippen LogP contribution in [0.4, 0.5) is 0 Å². The van der Waals surface area contributed by atoms with E-state index in [-0.39, 0.29) is 38.1 Å². The topological polar surface area (TPSA) is 137 Å². The van der Waals surface area contributed by atoms with Crippen LogP contribution in [-0.4, -0.2) is 65.9 Å². The van der Waals surface area contributed by atoms with E-state index in [0.29, 0.717) is 11.5 Å². The molecule has 282 valence electrons. The molecule has 1 saturated heterocycles. The first-order valence-corrected chi connectivity index (χ1v) is 18.6. The summed E-state index contributed by atoms with van der Waals surface area (Å²) in [6.45, 7) is 5.35. The number of aromatic nitrogens is 2. The molecule has 1 N–H and O–H groups in total. The standard InChI is InChI=1S/C40H49N4O8P/c1-27(2)44(28(3)4)53(50-23-11-22-41)52-35-24-37(43-25-29(5)38(45)42-39(43)46)51-36(35)26-49-40(30-12-9-8-10-13-30,31-14-18-33(47-6)19-15-31)32-16-20-34(48-7)21-17-32/h8-10,12-21,25,27-28,35-37H,11,23-24,26H2,1-7H3,(H,42,45,46)/t35-,36-,37-,53?/m1/s1/i5D3. The predicted molar refractivity (Wildman–Crippen MR) is 203 cm³/mol. The van der Waals surface area contributed by atoms with Crippen molar-refractivity contribution < 1.29 is 32.1 Å². The van der Waals surface area contributed by atoms with Gasteiger partial charge in [0.1, 0.15) is 29.4 Å². The van der Waals surface area contributed by atoms with Crippen molar-refractivity contribution in [3.63, 3.8) is 0 Å². The van der Waals surface area contributed by atoms with Gasteiger partial charge in [-0.3, -0.25) is 14.3 Å².